The molecule has 0 unspecified atom stereocenters. The van der Waals surface area contributed by atoms with E-state index in [1.165, 1.54) is 0 Å². The Labute approximate surface area is 59.6 Å². The number of rotatable bonds is 0. The van der Waals surface area contributed by atoms with Crippen molar-refractivity contribution in [2.45, 2.75) is 0 Å². The molecule has 2 aliphatic rings. The Kier molecular flexibility index (Phi) is 1.06. The molecule has 2 heterocycles. The van der Waals surface area contributed by atoms with Crippen molar-refractivity contribution in [1.29, 1.82) is 0 Å². The van der Waals surface area contributed by atoms with Crippen molar-refractivity contribution in [3.63, 3.8) is 0 Å². The highest BCUT2D eigenvalue weighted by molar-refractivity contribution is 5.80. The van der Waals surface area contributed by atoms with E-state index >= 15 is 0 Å². The summed E-state index contributed by atoms with van der Waals surface area (Å²) in [6.07, 6.45) is 1.87. The lowest BCUT2D eigenvalue weighted by atomic mass is 10.4. The highest BCUT2D eigenvalue weighted by Gasteiger charge is 2.18. The lowest BCUT2D eigenvalue weighted by molar-refractivity contribution is 0.411. The first-order valence-electron chi connectivity index (χ1n) is 3.31. The molecule has 0 aliphatic carbocycles. The van der Waals surface area contributed by atoms with E-state index in [0.29, 0.717) is 6.67 Å². The van der Waals surface area contributed by atoms with Crippen LogP contribution in [0.5, 0.6) is 0 Å². The van der Waals surface area contributed by atoms with E-state index in [2.05, 4.69) is 20.5 Å². The van der Waals surface area contributed by atoms with E-state index < -0.39 is 0 Å². The Morgan fingerprint density at radius 3 is 3.30 bits per heavy atom. The van der Waals surface area contributed by atoms with E-state index in [1.807, 2.05) is 13.3 Å². The van der Waals surface area contributed by atoms with Crippen molar-refractivity contribution >= 4 is 6.21 Å². The first kappa shape index (κ1) is 5.58. The Bertz CT molecular complexity index is 206. The van der Waals surface area contributed by atoms with Crippen LogP contribution in [0.15, 0.2) is 16.5 Å². The number of allylic oxidation sites excluding steroid dienone is 1. The molecule has 0 fully saturated rings. The van der Waals surface area contributed by atoms with Gasteiger partial charge in [0, 0.05) is 7.05 Å². The molecule has 4 heteroatoms. The van der Waals surface area contributed by atoms with Gasteiger partial charge in [-0.15, -0.1) is 0 Å². The Balaban J connectivity index is 2.29. The fraction of sp³-hybridized carbons (Fsp3) is 0.500. The van der Waals surface area contributed by atoms with Crippen LogP contribution in [0.3, 0.4) is 0 Å². The van der Waals surface area contributed by atoms with Crippen molar-refractivity contribution in [2.75, 3.05) is 20.4 Å². The number of nitrogens with zero attached hydrogens (tertiary/aromatic N) is 2. The zero-order valence-electron chi connectivity index (χ0n) is 5.89. The van der Waals surface area contributed by atoms with Gasteiger partial charge in [-0.3, -0.25) is 4.99 Å². The van der Waals surface area contributed by atoms with Gasteiger partial charge in [-0.25, -0.2) is 0 Å². The fourth-order valence-corrected chi connectivity index (χ4v) is 1.17. The van der Waals surface area contributed by atoms with E-state index in [0.717, 1.165) is 18.2 Å². The van der Waals surface area contributed by atoms with Crippen LogP contribution in [0.1, 0.15) is 0 Å². The van der Waals surface area contributed by atoms with E-state index in [-0.39, 0.29) is 0 Å². The van der Waals surface area contributed by atoms with Crippen LogP contribution in [0.25, 0.3) is 0 Å². The summed E-state index contributed by atoms with van der Waals surface area (Å²) in [5.74, 6) is 1.16. The number of hydrogen-bond donors (Lipinski definition) is 2. The minimum absolute atomic E-state index is 0.699. The number of hydrogen-bond acceptors (Lipinski definition) is 4. The third-order valence-corrected chi connectivity index (χ3v) is 1.70. The molecule has 0 aromatic heterocycles. The average molecular weight is 138 g/mol. The molecule has 54 valence electrons. The van der Waals surface area contributed by atoms with Crippen LogP contribution in [-0.2, 0) is 0 Å². The van der Waals surface area contributed by atoms with Crippen molar-refractivity contribution in [3.05, 3.63) is 11.5 Å². The van der Waals surface area contributed by atoms with Gasteiger partial charge in [0.2, 0.25) is 0 Å². The van der Waals surface area contributed by atoms with E-state index in [1.54, 1.807) is 0 Å². The van der Waals surface area contributed by atoms with Gasteiger partial charge in [0.15, 0.2) is 0 Å². The second-order valence-corrected chi connectivity index (χ2v) is 2.44. The zero-order valence-corrected chi connectivity index (χ0v) is 5.89. The topological polar surface area (TPSA) is 39.7 Å². The molecule has 2 aliphatic heterocycles. The highest BCUT2D eigenvalue weighted by Crippen LogP contribution is 2.09. The van der Waals surface area contributed by atoms with Gasteiger partial charge in [0.05, 0.1) is 18.6 Å². The Hall–Kier alpha value is -1.19. The predicted molar refractivity (Wildman–Crippen MR) is 39.3 cm³/mol. The third-order valence-electron chi connectivity index (χ3n) is 1.70. The molecule has 10 heavy (non-hydrogen) atoms. The molecular formula is C6H10N4. The number of aliphatic imine (C=N–C) groups is 1. The minimum atomic E-state index is 0.699. The van der Waals surface area contributed by atoms with Gasteiger partial charge in [0.1, 0.15) is 12.5 Å². The van der Waals surface area contributed by atoms with Crippen LogP contribution in [0, 0.1) is 0 Å². The standard InChI is InChI=1S/C6H10N4/c1-10-4-9-5-2-7-3-8-6(5)10/h2,8-9H,3-4H2,1H3. The maximum absolute atomic E-state index is 4.07. The van der Waals surface area contributed by atoms with Gasteiger partial charge in [-0.2, -0.15) is 0 Å². The van der Waals surface area contributed by atoms with Crippen LogP contribution >= 0.6 is 0 Å². The molecule has 0 bridgehead atoms. The van der Waals surface area contributed by atoms with E-state index in [9.17, 15) is 0 Å². The largest absolute Gasteiger partial charge is 0.364 e. The number of nitrogens with one attached hydrogen (secondary N) is 2. The lowest BCUT2D eigenvalue weighted by Gasteiger charge is -2.16. The highest BCUT2D eigenvalue weighted by atomic mass is 15.4. The van der Waals surface area contributed by atoms with Crippen LogP contribution in [0.4, 0.5) is 0 Å². The summed E-state index contributed by atoms with van der Waals surface area (Å²) < 4.78 is 0. The predicted octanol–water partition coefficient (Wildman–Crippen LogP) is -0.721. The molecule has 0 radical (unpaired) electrons. The summed E-state index contributed by atoms with van der Waals surface area (Å²) >= 11 is 0. The summed E-state index contributed by atoms with van der Waals surface area (Å²) in [6, 6.07) is 0. The van der Waals surface area contributed by atoms with E-state index in [4.69, 9.17) is 0 Å². The van der Waals surface area contributed by atoms with Gasteiger partial charge < -0.3 is 15.5 Å². The molecule has 0 aromatic rings. The molecule has 0 atom stereocenters. The van der Waals surface area contributed by atoms with Crippen LogP contribution in [-0.4, -0.2) is 31.5 Å². The maximum atomic E-state index is 4.07. The van der Waals surface area contributed by atoms with Crippen molar-refractivity contribution in [1.82, 2.24) is 15.5 Å². The van der Waals surface area contributed by atoms with Gasteiger partial charge in [-0.1, -0.05) is 0 Å². The van der Waals surface area contributed by atoms with Crippen molar-refractivity contribution in [3.8, 4) is 0 Å². The molecule has 4 nitrogen and oxygen atoms in total. The maximum Gasteiger partial charge on any atom is 0.129 e. The minimum Gasteiger partial charge on any atom is -0.364 e. The molecule has 0 aromatic carbocycles. The quantitative estimate of drug-likeness (QED) is 0.464. The average Bonchev–Trinajstić information content (AvgIpc) is 2.34. The van der Waals surface area contributed by atoms with Crippen LogP contribution < -0.4 is 10.6 Å². The zero-order chi connectivity index (χ0) is 6.97. The fourth-order valence-electron chi connectivity index (χ4n) is 1.17. The molecule has 0 amide bonds. The first-order chi connectivity index (χ1) is 4.88. The summed E-state index contributed by atoms with van der Waals surface area (Å²) in [7, 11) is 2.04. The molecular weight excluding hydrogens is 128 g/mol. The Morgan fingerprint density at radius 1 is 1.60 bits per heavy atom. The van der Waals surface area contributed by atoms with Crippen LogP contribution in [0.2, 0.25) is 0 Å². The third kappa shape index (κ3) is 0.650. The summed E-state index contributed by atoms with van der Waals surface area (Å²) in [4.78, 5) is 6.20. The van der Waals surface area contributed by atoms with Gasteiger partial charge in [0.25, 0.3) is 0 Å². The van der Waals surface area contributed by atoms with Crippen molar-refractivity contribution in [2.24, 2.45) is 4.99 Å². The van der Waals surface area contributed by atoms with Gasteiger partial charge in [-0.05, 0) is 0 Å². The second kappa shape index (κ2) is 1.90. The second-order valence-electron chi connectivity index (χ2n) is 2.44. The lowest BCUT2D eigenvalue weighted by Crippen LogP contribution is -2.27. The molecule has 0 saturated heterocycles. The normalized spacial score (nSPS) is 22.3. The summed E-state index contributed by atoms with van der Waals surface area (Å²) in [6.45, 7) is 1.58. The SMILES string of the molecule is CN1CNC2=C1NCN=C2. The molecule has 0 saturated carbocycles. The molecule has 2 N–H and O–H groups in total. The Morgan fingerprint density at radius 2 is 2.50 bits per heavy atom. The molecule has 2 rings (SSSR count). The van der Waals surface area contributed by atoms with Gasteiger partial charge >= 0.3 is 0 Å². The molecule has 0 spiro atoms. The van der Waals surface area contributed by atoms with Crippen molar-refractivity contribution < 1.29 is 0 Å². The monoisotopic (exact) mass is 138 g/mol. The summed E-state index contributed by atoms with van der Waals surface area (Å²) in [5.41, 5.74) is 1.11. The smallest absolute Gasteiger partial charge is 0.129 e. The first-order valence-corrected chi connectivity index (χ1v) is 3.31. The summed E-state index contributed by atoms with van der Waals surface area (Å²) in [5, 5.41) is 6.38.